The molecule has 19 heavy (non-hydrogen) atoms. The van der Waals surface area contributed by atoms with Crippen molar-refractivity contribution in [2.75, 3.05) is 18.4 Å². The van der Waals surface area contributed by atoms with Crippen molar-refractivity contribution in [3.05, 3.63) is 18.0 Å². The molecule has 5 heteroatoms. The van der Waals surface area contributed by atoms with Gasteiger partial charge in [0.15, 0.2) is 0 Å². The number of aromatic nitrogens is 2. The van der Waals surface area contributed by atoms with Crippen LogP contribution in [0.1, 0.15) is 49.9 Å². The summed E-state index contributed by atoms with van der Waals surface area (Å²) >= 11 is 0. The highest BCUT2D eigenvalue weighted by Gasteiger charge is 2.22. The lowest BCUT2D eigenvalue weighted by molar-refractivity contribution is 0.0755. The average molecular weight is 262 g/mol. The van der Waals surface area contributed by atoms with Gasteiger partial charge in [-0.1, -0.05) is 13.8 Å². The van der Waals surface area contributed by atoms with E-state index in [1.165, 1.54) is 12.8 Å². The molecule has 1 fully saturated rings. The molecule has 1 aromatic rings. The molecule has 1 aliphatic rings. The molecule has 0 saturated heterocycles. The molecular formula is C14H22N4O. The van der Waals surface area contributed by atoms with Crippen LogP contribution in [0.3, 0.4) is 0 Å². The maximum atomic E-state index is 12.3. The van der Waals surface area contributed by atoms with Crippen LogP contribution in [0.25, 0.3) is 0 Å². The number of rotatable bonds is 7. The monoisotopic (exact) mass is 262 g/mol. The summed E-state index contributed by atoms with van der Waals surface area (Å²) in [7, 11) is 0. The third-order valence-corrected chi connectivity index (χ3v) is 3.08. The van der Waals surface area contributed by atoms with Gasteiger partial charge in [-0.05, 0) is 25.7 Å². The minimum Gasteiger partial charge on any atom is -0.351 e. The third-order valence-electron chi connectivity index (χ3n) is 3.08. The molecule has 1 aromatic heterocycles. The van der Waals surface area contributed by atoms with Crippen LogP contribution in [0.5, 0.6) is 0 Å². The van der Waals surface area contributed by atoms with Crippen molar-refractivity contribution in [3.8, 4) is 0 Å². The van der Waals surface area contributed by atoms with E-state index < -0.39 is 0 Å². The van der Waals surface area contributed by atoms with Crippen molar-refractivity contribution in [1.82, 2.24) is 14.9 Å². The highest BCUT2D eigenvalue weighted by atomic mass is 16.2. The average Bonchev–Trinajstić information content (AvgIpc) is 3.23. The summed E-state index contributed by atoms with van der Waals surface area (Å²) in [6.45, 7) is 5.73. The molecule has 1 saturated carbocycles. The lowest BCUT2D eigenvalue weighted by atomic mass is 10.2. The first-order chi connectivity index (χ1) is 9.24. The SMILES string of the molecule is CCCN(CCC)C(=O)c1cnc(NC2CC2)nc1. The zero-order valence-corrected chi connectivity index (χ0v) is 11.7. The van der Waals surface area contributed by atoms with E-state index in [1.54, 1.807) is 12.4 Å². The minimum absolute atomic E-state index is 0.0293. The fourth-order valence-corrected chi connectivity index (χ4v) is 1.96. The number of amides is 1. The molecule has 1 amide bonds. The van der Waals surface area contributed by atoms with Gasteiger partial charge in [-0.25, -0.2) is 9.97 Å². The zero-order chi connectivity index (χ0) is 13.7. The Bertz CT molecular complexity index is 408. The summed E-state index contributed by atoms with van der Waals surface area (Å²) in [5, 5.41) is 3.21. The fraction of sp³-hybridized carbons (Fsp3) is 0.643. The molecule has 1 N–H and O–H groups in total. The first-order valence-corrected chi connectivity index (χ1v) is 7.12. The quantitative estimate of drug-likeness (QED) is 0.819. The van der Waals surface area contributed by atoms with E-state index >= 15 is 0 Å². The molecule has 2 rings (SSSR count). The van der Waals surface area contributed by atoms with Crippen LogP contribution in [0, 0.1) is 0 Å². The second-order valence-corrected chi connectivity index (χ2v) is 5.01. The number of nitrogens with zero attached hydrogens (tertiary/aromatic N) is 3. The first-order valence-electron chi connectivity index (χ1n) is 7.12. The predicted molar refractivity (Wildman–Crippen MR) is 75.2 cm³/mol. The normalized spacial score (nSPS) is 14.2. The number of carbonyl (C=O) groups excluding carboxylic acids is 1. The van der Waals surface area contributed by atoms with Gasteiger partial charge in [-0.3, -0.25) is 4.79 Å². The number of hydrogen-bond donors (Lipinski definition) is 1. The van der Waals surface area contributed by atoms with Gasteiger partial charge in [-0.2, -0.15) is 0 Å². The predicted octanol–water partition coefficient (Wildman–Crippen LogP) is 2.31. The summed E-state index contributed by atoms with van der Waals surface area (Å²) < 4.78 is 0. The largest absolute Gasteiger partial charge is 0.351 e. The zero-order valence-electron chi connectivity index (χ0n) is 11.7. The van der Waals surface area contributed by atoms with E-state index in [0.29, 0.717) is 17.6 Å². The molecule has 0 spiro atoms. The Morgan fingerprint density at radius 2 is 1.84 bits per heavy atom. The maximum absolute atomic E-state index is 12.3. The van der Waals surface area contributed by atoms with E-state index in [9.17, 15) is 4.79 Å². The summed E-state index contributed by atoms with van der Waals surface area (Å²) in [5.74, 6) is 0.651. The van der Waals surface area contributed by atoms with Gasteiger partial charge in [0, 0.05) is 31.5 Å². The van der Waals surface area contributed by atoms with Crippen LogP contribution < -0.4 is 5.32 Å². The van der Waals surface area contributed by atoms with E-state index in [-0.39, 0.29) is 5.91 Å². The topological polar surface area (TPSA) is 58.1 Å². The Balaban J connectivity index is 1.99. The van der Waals surface area contributed by atoms with Gasteiger partial charge in [0.25, 0.3) is 5.91 Å². The van der Waals surface area contributed by atoms with Crippen molar-refractivity contribution < 1.29 is 4.79 Å². The van der Waals surface area contributed by atoms with Crippen LogP contribution in [0.2, 0.25) is 0 Å². The van der Waals surface area contributed by atoms with Gasteiger partial charge in [0.05, 0.1) is 5.56 Å². The molecule has 5 nitrogen and oxygen atoms in total. The standard InChI is InChI=1S/C14H22N4O/c1-3-7-18(8-4-2)13(19)11-9-15-14(16-10-11)17-12-5-6-12/h9-10,12H,3-8H2,1-2H3,(H,15,16,17). The molecular weight excluding hydrogens is 240 g/mol. The minimum atomic E-state index is 0.0293. The molecule has 1 aliphatic carbocycles. The van der Waals surface area contributed by atoms with E-state index in [1.807, 2.05) is 4.90 Å². The lowest BCUT2D eigenvalue weighted by Gasteiger charge is -2.21. The number of anilines is 1. The summed E-state index contributed by atoms with van der Waals surface area (Å²) in [6.07, 6.45) is 7.55. The summed E-state index contributed by atoms with van der Waals surface area (Å²) in [4.78, 5) is 22.6. The molecule has 104 valence electrons. The van der Waals surface area contributed by atoms with Crippen LogP contribution >= 0.6 is 0 Å². The van der Waals surface area contributed by atoms with Crippen molar-refractivity contribution in [2.45, 2.75) is 45.6 Å². The molecule has 0 bridgehead atoms. The van der Waals surface area contributed by atoms with Crippen LogP contribution in [-0.4, -0.2) is 39.9 Å². The van der Waals surface area contributed by atoms with Crippen LogP contribution in [-0.2, 0) is 0 Å². The number of carbonyl (C=O) groups is 1. The maximum Gasteiger partial charge on any atom is 0.256 e. The first kappa shape index (κ1) is 13.8. The lowest BCUT2D eigenvalue weighted by Crippen LogP contribution is -2.32. The Labute approximate surface area is 114 Å². The van der Waals surface area contributed by atoms with Crippen LogP contribution in [0.15, 0.2) is 12.4 Å². The molecule has 0 aromatic carbocycles. The highest BCUT2D eigenvalue weighted by molar-refractivity contribution is 5.93. The Kier molecular flexibility index (Phi) is 4.71. The van der Waals surface area contributed by atoms with Gasteiger partial charge < -0.3 is 10.2 Å². The third kappa shape index (κ3) is 3.91. The Morgan fingerprint density at radius 1 is 1.26 bits per heavy atom. The van der Waals surface area contributed by atoms with Crippen molar-refractivity contribution in [3.63, 3.8) is 0 Å². The van der Waals surface area contributed by atoms with Gasteiger partial charge in [0.1, 0.15) is 0 Å². The Morgan fingerprint density at radius 3 is 2.32 bits per heavy atom. The van der Waals surface area contributed by atoms with Gasteiger partial charge in [0.2, 0.25) is 5.95 Å². The molecule has 0 radical (unpaired) electrons. The second kappa shape index (κ2) is 6.50. The van der Waals surface area contributed by atoms with Crippen LogP contribution in [0.4, 0.5) is 5.95 Å². The Hall–Kier alpha value is -1.65. The number of nitrogens with one attached hydrogen (secondary N) is 1. The van der Waals surface area contributed by atoms with Gasteiger partial charge >= 0.3 is 0 Å². The van der Waals surface area contributed by atoms with Crippen molar-refractivity contribution >= 4 is 11.9 Å². The van der Waals surface area contributed by atoms with E-state index in [0.717, 1.165) is 25.9 Å². The summed E-state index contributed by atoms with van der Waals surface area (Å²) in [6, 6.07) is 0.526. The molecule has 0 atom stereocenters. The van der Waals surface area contributed by atoms with E-state index in [2.05, 4.69) is 29.1 Å². The number of hydrogen-bond acceptors (Lipinski definition) is 4. The van der Waals surface area contributed by atoms with Gasteiger partial charge in [-0.15, -0.1) is 0 Å². The molecule has 0 unspecified atom stereocenters. The highest BCUT2D eigenvalue weighted by Crippen LogP contribution is 2.22. The fourth-order valence-electron chi connectivity index (χ4n) is 1.96. The second-order valence-electron chi connectivity index (χ2n) is 5.01. The van der Waals surface area contributed by atoms with Crippen molar-refractivity contribution in [1.29, 1.82) is 0 Å². The van der Waals surface area contributed by atoms with E-state index in [4.69, 9.17) is 0 Å². The molecule has 1 heterocycles. The summed E-state index contributed by atoms with van der Waals surface area (Å²) in [5.41, 5.74) is 0.572. The molecule has 0 aliphatic heterocycles. The van der Waals surface area contributed by atoms with Crippen molar-refractivity contribution in [2.24, 2.45) is 0 Å². The smallest absolute Gasteiger partial charge is 0.256 e.